The smallest absolute Gasteiger partial charge is 0.411 e. The Bertz CT molecular complexity index is 1040. The number of ketones is 1. The fraction of sp³-hybridized carbons (Fsp3) is 0.348. The highest BCUT2D eigenvalue weighted by Crippen LogP contribution is 2.23. The van der Waals surface area contributed by atoms with E-state index in [2.05, 4.69) is 37.8 Å². The molecule has 3 aromatic rings. The van der Waals surface area contributed by atoms with Crippen LogP contribution in [0.2, 0.25) is 0 Å². The van der Waals surface area contributed by atoms with E-state index in [0.717, 1.165) is 48.0 Å². The van der Waals surface area contributed by atoms with Crippen molar-refractivity contribution in [3.8, 4) is 0 Å². The largest absolute Gasteiger partial charge is 0.449 e. The van der Waals surface area contributed by atoms with Crippen molar-refractivity contribution < 1.29 is 18.7 Å². The van der Waals surface area contributed by atoms with Crippen LogP contribution in [0.1, 0.15) is 29.6 Å². The highest BCUT2D eigenvalue weighted by Gasteiger charge is 2.25. The minimum Gasteiger partial charge on any atom is -0.449 e. The van der Waals surface area contributed by atoms with Gasteiger partial charge in [-0.25, -0.2) is 9.78 Å². The highest BCUT2D eigenvalue weighted by atomic mass is 127. The van der Waals surface area contributed by atoms with E-state index in [1.165, 1.54) is 6.39 Å². The molecule has 0 atom stereocenters. The van der Waals surface area contributed by atoms with Crippen molar-refractivity contribution in [1.82, 2.24) is 9.88 Å². The van der Waals surface area contributed by atoms with Gasteiger partial charge in [0.05, 0.1) is 12.3 Å². The number of halogens is 1. The molecule has 0 spiro atoms. The number of likely N-dealkylation sites (tertiary alicyclic amines) is 1. The molecule has 2 aromatic carbocycles. The molecule has 0 aliphatic carbocycles. The van der Waals surface area contributed by atoms with Gasteiger partial charge >= 0.3 is 6.09 Å². The first kappa shape index (κ1) is 21.8. The molecule has 1 N–H and O–H groups in total. The van der Waals surface area contributed by atoms with Crippen molar-refractivity contribution >= 4 is 51.3 Å². The van der Waals surface area contributed by atoms with Crippen LogP contribution in [-0.4, -0.2) is 48.0 Å². The Morgan fingerprint density at radius 1 is 1.16 bits per heavy atom. The van der Waals surface area contributed by atoms with Gasteiger partial charge < -0.3 is 14.1 Å². The summed E-state index contributed by atoms with van der Waals surface area (Å²) in [6.45, 7) is 2.96. The first-order chi connectivity index (χ1) is 15.1. The molecule has 0 bridgehead atoms. The second-order valence-corrected chi connectivity index (χ2v) is 8.85. The Morgan fingerprint density at radius 2 is 1.94 bits per heavy atom. The van der Waals surface area contributed by atoms with Gasteiger partial charge in [0.1, 0.15) is 5.52 Å². The van der Waals surface area contributed by atoms with Crippen LogP contribution in [0.4, 0.5) is 10.5 Å². The number of ether oxygens (including phenoxy) is 1. The van der Waals surface area contributed by atoms with Crippen molar-refractivity contribution in [1.29, 1.82) is 0 Å². The molecule has 0 radical (unpaired) electrons. The van der Waals surface area contributed by atoms with E-state index >= 15 is 0 Å². The minimum absolute atomic E-state index is 0.0950. The van der Waals surface area contributed by atoms with E-state index in [9.17, 15) is 9.59 Å². The quantitative estimate of drug-likeness (QED) is 0.263. The van der Waals surface area contributed by atoms with Gasteiger partial charge in [-0.1, -0.05) is 18.2 Å². The lowest BCUT2D eigenvalue weighted by atomic mass is 9.89. The molecule has 1 aliphatic heterocycles. The third-order valence-corrected chi connectivity index (χ3v) is 6.26. The van der Waals surface area contributed by atoms with Gasteiger partial charge in [0.15, 0.2) is 17.8 Å². The summed E-state index contributed by atoms with van der Waals surface area (Å²) in [6.07, 6.45) is 3.33. The Morgan fingerprint density at radius 3 is 2.71 bits per heavy atom. The second kappa shape index (κ2) is 10.2. The number of amides is 1. The molecule has 1 aromatic heterocycles. The molecular formula is C23H24IN3O4. The molecular weight excluding hydrogens is 509 g/mol. The van der Waals surface area contributed by atoms with Crippen LogP contribution in [0.15, 0.2) is 53.3 Å². The fourth-order valence-electron chi connectivity index (χ4n) is 3.85. The molecule has 162 valence electrons. The lowest BCUT2D eigenvalue weighted by Crippen LogP contribution is -2.37. The number of anilines is 1. The van der Waals surface area contributed by atoms with Crippen LogP contribution in [-0.2, 0) is 4.74 Å². The standard InChI is InChI=1S/C23H24IN3O4/c24-18-7-5-16(6-8-18)22(28)17-9-12-27(13-10-17)11-2-14-30-23(29)26-19-3-1-4-20-21(19)25-15-31-20/h1,3-8,15,17H,2,9-14H2,(H,26,29). The number of rotatable bonds is 7. The second-order valence-electron chi connectivity index (χ2n) is 7.61. The minimum atomic E-state index is -0.502. The number of carbonyl (C=O) groups excluding carboxylic acids is 2. The number of nitrogens with one attached hydrogen (secondary N) is 1. The van der Waals surface area contributed by atoms with Gasteiger partial charge in [-0.05, 0) is 79.2 Å². The molecule has 1 fully saturated rings. The summed E-state index contributed by atoms with van der Waals surface area (Å²) in [5.41, 5.74) is 2.58. The highest BCUT2D eigenvalue weighted by molar-refractivity contribution is 14.1. The van der Waals surface area contributed by atoms with Gasteiger partial charge in [-0.3, -0.25) is 10.1 Å². The van der Waals surface area contributed by atoms with Crippen molar-refractivity contribution in [2.45, 2.75) is 19.3 Å². The van der Waals surface area contributed by atoms with E-state index < -0.39 is 6.09 Å². The molecule has 8 heteroatoms. The number of Topliss-reactive ketones (excluding diaryl/α,β-unsaturated/α-hetero) is 1. The summed E-state index contributed by atoms with van der Waals surface area (Å²) in [7, 11) is 0. The predicted octanol–water partition coefficient (Wildman–Crippen LogP) is 4.97. The summed E-state index contributed by atoms with van der Waals surface area (Å²) in [5.74, 6) is 0.343. The molecule has 1 amide bonds. The summed E-state index contributed by atoms with van der Waals surface area (Å²) >= 11 is 2.25. The van der Waals surface area contributed by atoms with Gasteiger partial charge in [-0.2, -0.15) is 0 Å². The van der Waals surface area contributed by atoms with Crippen molar-refractivity contribution in [2.24, 2.45) is 5.92 Å². The van der Waals surface area contributed by atoms with E-state index in [0.29, 0.717) is 23.4 Å². The van der Waals surface area contributed by atoms with Gasteiger partial charge in [0, 0.05) is 21.6 Å². The van der Waals surface area contributed by atoms with E-state index in [4.69, 9.17) is 9.15 Å². The Labute approximate surface area is 194 Å². The lowest BCUT2D eigenvalue weighted by molar-refractivity contribution is 0.0830. The van der Waals surface area contributed by atoms with Crippen LogP contribution >= 0.6 is 22.6 Å². The van der Waals surface area contributed by atoms with Crippen molar-refractivity contribution in [2.75, 3.05) is 31.6 Å². The average Bonchev–Trinajstić information content (AvgIpc) is 3.27. The monoisotopic (exact) mass is 533 g/mol. The Kier molecular flexibility index (Phi) is 7.18. The van der Waals surface area contributed by atoms with Crippen LogP contribution in [0, 0.1) is 9.49 Å². The van der Waals surface area contributed by atoms with Gasteiger partial charge in [0.25, 0.3) is 0 Å². The average molecular weight is 533 g/mol. The van der Waals surface area contributed by atoms with Gasteiger partial charge in [0.2, 0.25) is 0 Å². The Hall–Kier alpha value is -2.46. The number of oxazole rings is 1. The first-order valence-electron chi connectivity index (χ1n) is 10.4. The third kappa shape index (κ3) is 5.62. The summed E-state index contributed by atoms with van der Waals surface area (Å²) < 4.78 is 11.7. The maximum absolute atomic E-state index is 12.7. The van der Waals surface area contributed by atoms with Crippen molar-refractivity contribution in [3.05, 3.63) is 58.0 Å². The Balaban J connectivity index is 1.15. The summed E-state index contributed by atoms with van der Waals surface area (Å²) in [5, 5.41) is 2.71. The number of benzene rings is 2. The first-order valence-corrected chi connectivity index (χ1v) is 11.5. The molecule has 1 saturated heterocycles. The molecule has 7 nitrogen and oxygen atoms in total. The number of carbonyl (C=O) groups is 2. The maximum Gasteiger partial charge on any atom is 0.411 e. The van der Waals surface area contributed by atoms with E-state index in [-0.39, 0.29) is 11.7 Å². The molecule has 1 aliphatic rings. The SMILES string of the molecule is O=C(Nc1cccc2ocnc12)OCCCN1CCC(C(=O)c2ccc(I)cc2)CC1. The summed E-state index contributed by atoms with van der Waals surface area (Å²) in [4.78, 5) is 31.2. The zero-order valence-corrected chi connectivity index (χ0v) is 19.2. The molecule has 0 unspecified atom stereocenters. The zero-order valence-electron chi connectivity index (χ0n) is 17.1. The normalized spacial score (nSPS) is 15.1. The van der Waals surface area contributed by atoms with E-state index in [1.54, 1.807) is 18.2 Å². The summed E-state index contributed by atoms with van der Waals surface area (Å²) in [6, 6.07) is 13.1. The topological polar surface area (TPSA) is 84.7 Å². The number of fused-ring (bicyclic) bond motifs is 1. The van der Waals surface area contributed by atoms with Gasteiger partial charge in [-0.15, -0.1) is 0 Å². The number of para-hydroxylation sites is 1. The molecule has 4 rings (SSSR count). The number of nitrogens with zero attached hydrogens (tertiary/aromatic N) is 2. The number of hydrogen-bond acceptors (Lipinski definition) is 6. The van der Waals surface area contributed by atoms with Crippen LogP contribution in [0.5, 0.6) is 0 Å². The predicted molar refractivity (Wildman–Crippen MR) is 126 cm³/mol. The molecule has 31 heavy (non-hydrogen) atoms. The van der Waals surface area contributed by atoms with Crippen LogP contribution in [0.3, 0.4) is 0 Å². The van der Waals surface area contributed by atoms with Crippen LogP contribution < -0.4 is 5.32 Å². The van der Waals surface area contributed by atoms with E-state index in [1.807, 2.05) is 24.3 Å². The van der Waals surface area contributed by atoms with Crippen molar-refractivity contribution in [3.63, 3.8) is 0 Å². The lowest BCUT2D eigenvalue weighted by Gasteiger charge is -2.31. The molecule has 2 heterocycles. The third-order valence-electron chi connectivity index (χ3n) is 5.54. The number of aromatic nitrogens is 1. The number of piperidine rings is 1. The zero-order chi connectivity index (χ0) is 21.6. The maximum atomic E-state index is 12.7. The fourth-order valence-corrected chi connectivity index (χ4v) is 4.21. The van der Waals surface area contributed by atoms with Crippen LogP contribution in [0.25, 0.3) is 11.1 Å². The number of hydrogen-bond donors (Lipinski definition) is 1. The molecule has 0 saturated carbocycles.